The summed E-state index contributed by atoms with van der Waals surface area (Å²) in [7, 11) is 0. The number of hydrogen-bond acceptors (Lipinski definition) is 1. The van der Waals surface area contributed by atoms with Gasteiger partial charge in [0.05, 0.1) is 11.6 Å². The Balaban J connectivity index is 3.34. The average molecular weight is 187 g/mol. The maximum absolute atomic E-state index is 9.08. The second-order valence-corrected chi connectivity index (χ2v) is 3.46. The van der Waals surface area contributed by atoms with Gasteiger partial charge in [0.2, 0.25) is 0 Å². The minimum Gasteiger partial charge on any atom is -0.192 e. The first-order chi connectivity index (χ1) is 6.76. The fourth-order valence-corrected chi connectivity index (χ4v) is 1.75. The fourth-order valence-electron chi connectivity index (χ4n) is 1.75. The van der Waals surface area contributed by atoms with Crippen LogP contribution in [0.25, 0.3) is 0 Å². The van der Waals surface area contributed by atoms with Crippen molar-refractivity contribution < 1.29 is 0 Å². The molecule has 14 heavy (non-hydrogen) atoms. The quantitative estimate of drug-likeness (QED) is 0.712. The van der Waals surface area contributed by atoms with Crippen molar-refractivity contribution in [2.45, 2.75) is 40.0 Å². The van der Waals surface area contributed by atoms with E-state index in [2.05, 4.69) is 39.0 Å². The van der Waals surface area contributed by atoms with Crippen LogP contribution in [0, 0.1) is 11.3 Å². The van der Waals surface area contributed by atoms with E-state index in [-0.39, 0.29) is 0 Å². The highest BCUT2D eigenvalue weighted by Gasteiger charge is 2.07. The largest absolute Gasteiger partial charge is 0.192 e. The Labute approximate surface area is 86.4 Å². The van der Waals surface area contributed by atoms with Gasteiger partial charge in [0.25, 0.3) is 0 Å². The molecule has 74 valence electrons. The van der Waals surface area contributed by atoms with Crippen LogP contribution in [0.5, 0.6) is 0 Å². The zero-order chi connectivity index (χ0) is 10.6. The van der Waals surface area contributed by atoms with Gasteiger partial charge >= 0.3 is 0 Å². The zero-order valence-electron chi connectivity index (χ0n) is 9.22. The number of aryl methyl sites for hydroxylation is 3. The van der Waals surface area contributed by atoms with E-state index in [1.165, 1.54) is 16.7 Å². The molecule has 0 aliphatic carbocycles. The van der Waals surface area contributed by atoms with Crippen molar-refractivity contribution >= 4 is 0 Å². The van der Waals surface area contributed by atoms with Gasteiger partial charge in [-0.1, -0.05) is 32.9 Å². The molecule has 0 saturated carbocycles. The number of hydrogen-bond donors (Lipinski definition) is 0. The molecule has 0 bridgehead atoms. The van der Waals surface area contributed by atoms with E-state index >= 15 is 0 Å². The van der Waals surface area contributed by atoms with Crippen LogP contribution in [-0.2, 0) is 19.3 Å². The normalized spacial score (nSPS) is 9.86. The summed E-state index contributed by atoms with van der Waals surface area (Å²) in [6, 6.07) is 6.65. The standard InChI is InChI=1S/C13H17N/c1-4-10-7-11(5-2)13(9-14)12(6-3)8-10/h7-8H,4-6H2,1-3H3. The first-order valence-corrected chi connectivity index (χ1v) is 5.31. The topological polar surface area (TPSA) is 23.8 Å². The van der Waals surface area contributed by atoms with E-state index in [0.29, 0.717) is 0 Å². The summed E-state index contributed by atoms with van der Waals surface area (Å²) >= 11 is 0. The van der Waals surface area contributed by atoms with E-state index in [4.69, 9.17) is 5.26 Å². The third-order valence-corrected chi connectivity index (χ3v) is 2.64. The predicted molar refractivity (Wildman–Crippen MR) is 59.3 cm³/mol. The Morgan fingerprint density at radius 1 is 1.00 bits per heavy atom. The second kappa shape index (κ2) is 4.81. The summed E-state index contributed by atoms with van der Waals surface area (Å²) in [5, 5.41) is 9.08. The molecule has 0 atom stereocenters. The van der Waals surface area contributed by atoms with E-state index in [1.54, 1.807) is 0 Å². The van der Waals surface area contributed by atoms with Gasteiger partial charge < -0.3 is 0 Å². The molecular formula is C13H17N. The van der Waals surface area contributed by atoms with Gasteiger partial charge in [-0.25, -0.2) is 0 Å². The third kappa shape index (κ3) is 1.96. The SMILES string of the molecule is CCc1cc(CC)c(C#N)c(CC)c1. The highest BCUT2D eigenvalue weighted by atomic mass is 14.3. The lowest BCUT2D eigenvalue weighted by Gasteiger charge is -2.09. The van der Waals surface area contributed by atoms with Crippen molar-refractivity contribution in [2.75, 3.05) is 0 Å². The van der Waals surface area contributed by atoms with Crippen molar-refractivity contribution in [3.05, 3.63) is 34.4 Å². The molecule has 0 aromatic heterocycles. The maximum Gasteiger partial charge on any atom is 0.0997 e. The van der Waals surface area contributed by atoms with Crippen LogP contribution in [0.15, 0.2) is 12.1 Å². The summed E-state index contributed by atoms with van der Waals surface area (Å²) in [5.41, 5.74) is 4.64. The van der Waals surface area contributed by atoms with Gasteiger partial charge in [0.15, 0.2) is 0 Å². The van der Waals surface area contributed by atoms with Crippen molar-refractivity contribution in [3.8, 4) is 6.07 Å². The molecule has 0 saturated heterocycles. The first-order valence-electron chi connectivity index (χ1n) is 5.31. The fraction of sp³-hybridized carbons (Fsp3) is 0.462. The molecule has 0 N–H and O–H groups in total. The van der Waals surface area contributed by atoms with Crippen molar-refractivity contribution in [2.24, 2.45) is 0 Å². The molecule has 0 aliphatic rings. The number of nitriles is 1. The van der Waals surface area contributed by atoms with E-state index in [9.17, 15) is 0 Å². The molecule has 1 nitrogen and oxygen atoms in total. The number of benzene rings is 1. The minimum absolute atomic E-state index is 0.896. The van der Waals surface area contributed by atoms with Crippen LogP contribution >= 0.6 is 0 Å². The maximum atomic E-state index is 9.08. The third-order valence-electron chi connectivity index (χ3n) is 2.64. The van der Waals surface area contributed by atoms with Crippen LogP contribution < -0.4 is 0 Å². The number of rotatable bonds is 3. The summed E-state index contributed by atoms with van der Waals surface area (Å²) in [4.78, 5) is 0. The monoisotopic (exact) mass is 187 g/mol. The van der Waals surface area contributed by atoms with E-state index in [0.717, 1.165) is 24.8 Å². The lowest BCUT2D eigenvalue weighted by Crippen LogP contribution is -1.97. The highest BCUT2D eigenvalue weighted by molar-refractivity contribution is 5.47. The van der Waals surface area contributed by atoms with E-state index < -0.39 is 0 Å². The molecule has 1 aromatic carbocycles. The zero-order valence-corrected chi connectivity index (χ0v) is 9.22. The minimum atomic E-state index is 0.896. The molecule has 1 rings (SSSR count). The summed E-state index contributed by atoms with van der Waals surface area (Å²) < 4.78 is 0. The van der Waals surface area contributed by atoms with Crippen LogP contribution in [0.3, 0.4) is 0 Å². The van der Waals surface area contributed by atoms with Gasteiger partial charge in [-0.05, 0) is 36.0 Å². The molecule has 0 aliphatic heterocycles. The van der Waals surface area contributed by atoms with Crippen LogP contribution in [-0.4, -0.2) is 0 Å². The van der Waals surface area contributed by atoms with Crippen molar-refractivity contribution in [3.63, 3.8) is 0 Å². The van der Waals surface area contributed by atoms with Crippen LogP contribution in [0.4, 0.5) is 0 Å². The second-order valence-electron chi connectivity index (χ2n) is 3.46. The Morgan fingerprint density at radius 3 is 1.79 bits per heavy atom. The molecule has 0 fully saturated rings. The highest BCUT2D eigenvalue weighted by Crippen LogP contribution is 2.18. The summed E-state index contributed by atoms with van der Waals surface area (Å²) in [5.74, 6) is 0. The predicted octanol–water partition coefficient (Wildman–Crippen LogP) is 3.25. The van der Waals surface area contributed by atoms with Crippen LogP contribution in [0.2, 0.25) is 0 Å². The molecule has 0 unspecified atom stereocenters. The smallest absolute Gasteiger partial charge is 0.0997 e. The molecule has 1 aromatic rings. The summed E-state index contributed by atoms with van der Waals surface area (Å²) in [6.45, 7) is 6.37. The van der Waals surface area contributed by atoms with Gasteiger partial charge in [-0.2, -0.15) is 5.26 Å². The van der Waals surface area contributed by atoms with E-state index in [1.807, 2.05) is 0 Å². The summed E-state index contributed by atoms with van der Waals surface area (Å²) in [6.07, 6.45) is 2.94. The van der Waals surface area contributed by atoms with Gasteiger partial charge in [-0.3, -0.25) is 0 Å². The molecular weight excluding hydrogens is 170 g/mol. The van der Waals surface area contributed by atoms with Crippen molar-refractivity contribution in [1.29, 1.82) is 5.26 Å². The molecule has 0 heterocycles. The average Bonchev–Trinajstić information content (AvgIpc) is 2.26. The van der Waals surface area contributed by atoms with Gasteiger partial charge in [-0.15, -0.1) is 0 Å². The van der Waals surface area contributed by atoms with Gasteiger partial charge in [0.1, 0.15) is 0 Å². The molecule has 0 spiro atoms. The Kier molecular flexibility index (Phi) is 3.71. The Hall–Kier alpha value is -1.29. The Bertz CT molecular complexity index is 333. The molecule has 0 amide bonds. The lowest BCUT2D eigenvalue weighted by molar-refractivity contribution is 1.03. The first kappa shape index (κ1) is 10.8. The van der Waals surface area contributed by atoms with Crippen molar-refractivity contribution in [1.82, 2.24) is 0 Å². The Morgan fingerprint density at radius 2 is 1.50 bits per heavy atom. The van der Waals surface area contributed by atoms with Gasteiger partial charge in [0, 0.05) is 0 Å². The lowest BCUT2D eigenvalue weighted by atomic mass is 9.94. The number of nitrogens with zero attached hydrogens (tertiary/aromatic N) is 1. The molecule has 0 radical (unpaired) electrons. The molecule has 1 heteroatoms. The van der Waals surface area contributed by atoms with Crippen LogP contribution in [0.1, 0.15) is 43.0 Å².